The number of fused-ring (bicyclic) bond motifs is 1. The van der Waals surface area contributed by atoms with Gasteiger partial charge < -0.3 is 20.2 Å². The minimum Gasteiger partial charge on any atom is -0.449 e. The van der Waals surface area contributed by atoms with Crippen molar-refractivity contribution in [2.75, 3.05) is 18.4 Å². The van der Waals surface area contributed by atoms with Crippen LogP contribution in [0.15, 0.2) is 84.0 Å². The number of nitrogens with one attached hydrogen (secondary N) is 2. The molecular formula is C30H30BFN4O4. The van der Waals surface area contributed by atoms with E-state index in [0.717, 1.165) is 17.4 Å². The highest BCUT2D eigenvalue weighted by molar-refractivity contribution is 6.46. The molecule has 1 heterocycles. The molecule has 0 saturated carbocycles. The van der Waals surface area contributed by atoms with Gasteiger partial charge in [-0.3, -0.25) is 9.59 Å². The third kappa shape index (κ3) is 6.89. The van der Waals surface area contributed by atoms with Crippen molar-refractivity contribution in [3.05, 3.63) is 95.9 Å². The van der Waals surface area contributed by atoms with Gasteiger partial charge in [0.05, 0.1) is 5.56 Å². The average molecular weight is 540 g/mol. The average Bonchev–Trinajstić information content (AvgIpc) is 3.41. The Balaban J connectivity index is 1.48. The summed E-state index contributed by atoms with van der Waals surface area (Å²) in [6.07, 6.45) is 2.43. The second-order valence-electron chi connectivity index (χ2n) is 9.29. The second-order valence-corrected chi connectivity index (χ2v) is 9.29. The number of Topliss-reactive ketones (excluding diaryl/α,β-unsaturated/α-hetero) is 2. The van der Waals surface area contributed by atoms with Crippen LogP contribution in [0.2, 0.25) is 0 Å². The number of nitrogens with zero attached hydrogens (tertiary/aromatic N) is 2. The SMILES string of the molecule is CCCN(CCCC(=O)C(=O)c1c[nH]c2cccc(F)c12)/C(=N/C(=O)Nc1ccc(BO)cc1)c1ccccc1. The van der Waals surface area contributed by atoms with E-state index in [1.807, 2.05) is 42.2 Å². The van der Waals surface area contributed by atoms with E-state index in [2.05, 4.69) is 15.3 Å². The highest BCUT2D eigenvalue weighted by Gasteiger charge is 2.22. The van der Waals surface area contributed by atoms with E-state index in [0.29, 0.717) is 36.6 Å². The number of aromatic amines is 1. The molecule has 3 N–H and O–H groups in total. The molecule has 1 aromatic heterocycles. The molecule has 0 saturated heterocycles. The van der Waals surface area contributed by atoms with Crippen LogP contribution >= 0.6 is 0 Å². The fourth-order valence-corrected chi connectivity index (χ4v) is 4.45. The summed E-state index contributed by atoms with van der Waals surface area (Å²) in [5.74, 6) is -1.45. The summed E-state index contributed by atoms with van der Waals surface area (Å²) >= 11 is 0. The first-order valence-corrected chi connectivity index (χ1v) is 13.1. The molecule has 0 bridgehead atoms. The summed E-state index contributed by atoms with van der Waals surface area (Å²) in [7, 11) is -0.0940. The summed E-state index contributed by atoms with van der Waals surface area (Å²) in [5, 5.41) is 12.1. The standard InChI is InChI=1S/C30H30BFN4O4/c1-2-17-36(18-7-12-26(37)28(38)23-19-33-25-11-6-10-24(32)27(23)25)29(20-8-4-3-5-9-20)35-30(39)34-22-15-13-21(31-40)14-16-22/h3-6,8-11,13-16,19,31,33,40H,2,7,12,17-18H2,1H3,(H,34,39)/b35-29+. The fourth-order valence-electron chi connectivity index (χ4n) is 4.45. The van der Waals surface area contributed by atoms with Crippen molar-refractivity contribution in [2.24, 2.45) is 4.99 Å². The first-order valence-electron chi connectivity index (χ1n) is 13.1. The number of hydrogen-bond acceptors (Lipinski definition) is 4. The number of carbonyl (C=O) groups excluding carboxylic acids is 3. The first kappa shape index (κ1) is 28.4. The normalized spacial score (nSPS) is 11.3. The van der Waals surface area contributed by atoms with Crippen LogP contribution in [0.25, 0.3) is 10.9 Å². The van der Waals surface area contributed by atoms with Crippen molar-refractivity contribution in [1.29, 1.82) is 0 Å². The summed E-state index contributed by atoms with van der Waals surface area (Å²) in [6.45, 7) is 2.95. The predicted molar refractivity (Wildman–Crippen MR) is 156 cm³/mol. The van der Waals surface area contributed by atoms with Crippen molar-refractivity contribution in [3.63, 3.8) is 0 Å². The Kier molecular flexibility index (Phi) is 9.59. The van der Waals surface area contributed by atoms with Crippen molar-refractivity contribution in [2.45, 2.75) is 26.2 Å². The van der Waals surface area contributed by atoms with Crippen LogP contribution in [0.1, 0.15) is 42.1 Å². The Morgan fingerprint density at radius 3 is 2.45 bits per heavy atom. The lowest BCUT2D eigenvalue weighted by molar-refractivity contribution is -0.115. The van der Waals surface area contributed by atoms with Gasteiger partial charge in [0.2, 0.25) is 11.6 Å². The number of amides is 2. The van der Waals surface area contributed by atoms with E-state index in [1.54, 1.807) is 30.3 Å². The van der Waals surface area contributed by atoms with E-state index in [1.165, 1.54) is 18.3 Å². The second kappa shape index (κ2) is 13.5. The molecule has 3 aromatic carbocycles. The lowest BCUT2D eigenvalue weighted by Crippen LogP contribution is -2.35. The zero-order valence-electron chi connectivity index (χ0n) is 22.2. The topological polar surface area (TPSA) is 115 Å². The molecule has 0 aliphatic carbocycles. The molecule has 0 radical (unpaired) electrons. The smallest absolute Gasteiger partial charge is 0.347 e. The van der Waals surface area contributed by atoms with Gasteiger partial charge in [-0.2, -0.15) is 4.99 Å². The fraction of sp³-hybridized carbons (Fsp3) is 0.200. The van der Waals surface area contributed by atoms with Crippen LogP contribution in [-0.4, -0.2) is 58.9 Å². The van der Waals surface area contributed by atoms with Crippen LogP contribution in [0.4, 0.5) is 14.9 Å². The largest absolute Gasteiger partial charge is 0.449 e. The van der Waals surface area contributed by atoms with E-state index in [9.17, 15) is 23.8 Å². The van der Waals surface area contributed by atoms with E-state index >= 15 is 0 Å². The maximum Gasteiger partial charge on any atom is 0.347 e. The molecule has 0 fully saturated rings. The van der Waals surface area contributed by atoms with E-state index in [4.69, 9.17) is 0 Å². The summed E-state index contributed by atoms with van der Waals surface area (Å²) in [6, 6.07) is 19.9. The third-order valence-corrected chi connectivity index (χ3v) is 6.40. The Morgan fingerprint density at radius 2 is 1.75 bits per heavy atom. The van der Waals surface area contributed by atoms with Gasteiger partial charge in [0, 0.05) is 47.9 Å². The van der Waals surface area contributed by atoms with Crippen molar-refractivity contribution >= 4 is 53.0 Å². The number of aliphatic imine (C=N–C) groups is 1. The minimum atomic E-state index is -0.734. The predicted octanol–water partition coefficient (Wildman–Crippen LogP) is 4.20. The number of carbonyl (C=O) groups is 3. The number of ketones is 2. The zero-order valence-corrected chi connectivity index (χ0v) is 22.2. The molecule has 10 heteroatoms. The molecule has 0 aliphatic heterocycles. The number of H-pyrrole nitrogens is 1. The van der Waals surface area contributed by atoms with Crippen LogP contribution in [0.3, 0.4) is 0 Å². The molecule has 40 heavy (non-hydrogen) atoms. The molecular weight excluding hydrogens is 510 g/mol. The van der Waals surface area contributed by atoms with Gasteiger partial charge in [0.25, 0.3) is 0 Å². The molecule has 2 amide bonds. The van der Waals surface area contributed by atoms with E-state index in [-0.39, 0.29) is 24.9 Å². The van der Waals surface area contributed by atoms with Gasteiger partial charge in [0.15, 0.2) is 0 Å². The van der Waals surface area contributed by atoms with Gasteiger partial charge >= 0.3 is 13.5 Å². The van der Waals surface area contributed by atoms with Crippen molar-refractivity contribution in [1.82, 2.24) is 9.88 Å². The van der Waals surface area contributed by atoms with Crippen LogP contribution in [-0.2, 0) is 4.79 Å². The Morgan fingerprint density at radius 1 is 1.00 bits per heavy atom. The minimum absolute atomic E-state index is 0.0266. The number of hydrogen-bond donors (Lipinski definition) is 3. The maximum atomic E-state index is 14.3. The van der Waals surface area contributed by atoms with E-state index < -0.39 is 23.4 Å². The van der Waals surface area contributed by atoms with Gasteiger partial charge in [-0.05, 0) is 37.1 Å². The summed E-state index contributed by atoms with van der Waals surface area (Å²) < 4.78 is 14.3. The number of rotatable bonds is 11. The van der Waals surface area contributed by atoms with Crippen molar-refractivity contribution < 1.29 is 23.8 Å². The molecule has 0 spiro atoms. The summed E-state index contributed by atoms with van der Waals surface area (Å²) in [4.78, 5) is 47.7. The first-order chi connectivity index (χ1) is 19.4. The number of amidine groups is 1. The van der Waals surface area contributed by atoms with Gasteiger partial charge in [-0.25, -0.2) is 9.18 Å². The quantitative estimate of drug-likeness (QED) is 0.0868. The van der Waals surface area contributed by atoms with Crippen molar-refractivity contribution in [3.8, 4) is 0 Å². The highest BCUT2D eigenvalue weighted by Crippen LogP contribution is 2.22. The maximum absolute atomic E-state index is 14.3. The summed E-state index contributed by atoms with van der Waals surface area (Å²) in [5.41, 5.74) is 2.48. The molecule has 0 atom stereocenters. The van der Waals surface area contributed by atoms with Crippen LogP contribution in [0, 0.1) is 5.82 Å². The number of anilines is 1. The molecule has 204 valence electrons. The Labute approximate surface area is 232 Å². The third-order valence-electron chi connectivity index (χ3n) is 6.40. The Bertz CT molecular complexity index is 1520. The Hall–Kier alpha value is -4.57. The van der Waals surface area contributed by atoms with Gasteiger partial charge in [0.1, 0.15) is 11.7 Å². The number of urea groups is 1. The van der Waals surface area contributed by atoms with Gasteiger partial charge in [-0.15, -0.1) is 0 Å². The number of benzene rings is 3. The molecule has 4 rings (SSSR count). The number of halogens is 1. The highest BCUT2D eigenvalue weighted by atomic mass is 19.1. The van der Waals surface area contributed by atoms with Crippen LogP contribution < -0.4 is 10.8 Å². The zero-order chi connectivity index (χ0) is 28.5. The van der Waals surface area contributed by atoms with Crippen LogP contribution in [0.5, 0.6) is 0 Å². The molecule has 8 nitrogen and oxygen atoms in total. The number of aromatic nitrogens is 1. The molecule has 4 aromatic rings. The monoisotopic (exact) mass is 540 g/mol. The lowest BCUT2D eigenvalue weighted by atomic mass is 9.89. The molecule has 0 aliphatic rings. The van der Waals surface area contributed by atoms with Gasteiger partial charge in [-0.1, -0.05) is 60.9 Å². The lowest BCUT2D eigenvalue weighted by Gasteiger charge is -2.26. The molecule has 0 unspecified atom stereocenters.